The summed E-state index contributed by atoms with van der Waals surface area (Å²) in [4.78, 5) is 24.2. The van der Waals surface area contributed by atoms with Gasteiger partial charge in [-0.3, -0.25) is 20.4 Å². The van der Waals surface area contributed by atoms with Crippen molar-refractivity contribution in [2.45, 2.75) is 33.3 Å². The number of hydrazine groups is 1. The second kappa shape index (κ2) is 7.96. The molecule has 0 fully saturated rings. The molecule has 0 aliphatic rings. The SMILES string of the molecule is CCc1noc(C)c1C(=O)NNC(=O)[C@@H](C)Oc1cccc(Br)c1. The Labute approximate surface area is 147 Å². The van der Waals surface area contributed by atoms with Gasteiger partial charge >= 0.3 is 0 Å². The molecule has 1 aromatic carbocycles. The van der Waals surface area contributed by atoms with Crippen molar-refractivity contribution in [3.05, 3.63) is 45.8 Å². The number of rotatable bonds is 5. The Bertz CT molecular complexity index is 745. The largest absolute Gasteiger partial charge is 0.481 e. The van der Waals surface area contributed by atoms with Gasteiger partial charge in [0.15, 0.2) is 6.10 Å². The summed E-state index contributed by atoms with van der Waals surface area (Å²) >= 11 is 3.33. The van der Waals surface area contributed by atoms with Crippen LogP contribution in [-0.4, -0.2) is 23.1 Å². The number of halogens is 1. The summed E-state index contributed by atoms with van der Waals surface area (Å²) in [5, 5.41) is 3.80. The van der Waals surface area contributed by atoms with E-state index in [1.54, 1.807) is 32.0 Å². The minimum absolute atomic E-state index is 0.332. The van der Waals surface area contributed by atoms with Gasteiger partial charge in [-0.2, -0.15) is 0 Å². The molecule has 0 radical (unpaired) electrons. The number of hydrogen-bond acceptors (Lipinski definition) is 5. The summed E-state index contributed by atoms with van der Waals surface area (Å²) < 4.78 is 11.4. The number of aryl methyl sites for hydroxylation is 2. The molecular weight excluding hydrogens is 378 g/mol. The second-order valence-electron chi connectivity index (χ2n) is 5.07. The fraction of sp³-hybridized carbons (Fsp3) is 0.312. The van der Waals surface area contributed by atoms with Crippen LogP contribution in [0, 0.1) is 6.92 Å². The molecule has 0 saturated carbocycles. The minimum Gasteiger partial charge on any atom is -0.481 e. The zero-order chi connectivity index (χ0) is 17.7. The topological polar surface area (TPSA) is 93.5 Å². The molecule has 8 heteroatoms. The molecule has 2 N–H and O–H groups in total. The predicted octanol–water partition coefficient (Wildman–Crippen LogP) is 2.54. The first-order chi connectivity index (χ1) is 11.4. The standard InChI is InChI=1S/C16H18BrN3O4/c1-4-13-14(9(2)24-20-13)16(22)19-18-15(21)10(3)23-12-7-5-6-11(17)8-12/h5-8,10H,4H2,1-3H3,(H,18,21)(H,19,22)/t10-/m1/s1. The van der Waals surface area contributed by atoms with Crippen molar-refractivity contribution in [2.75, 3.05) is 0 Å². The molecule has 1 heterocycles. The lowest BCUT2D eigenvalue weighted by molar-refractivity contribution is -0.128. The molecule has 2 aromatic rings. The number of benzene rings is 1. The molecule has 1 aromatic heterocycles. The van der Waals surface area contributed by atoms with Crippen molar-refractivity contribution >= 4 is 27.7 Å². The number of hydrogen-bond donors (Lipinski definition) is 2. The van der Waals surface area contributed by atoms with Gasteiger partial charge in [-0.25, -0.2) is 0 Å². The third-order valence-corrected chi connectivity index (χ3v) is 3.77. The van der Waals surface area contributed by atoms with Gasteiger partial charge in [0.2, 0.25) is 0 Å². The fourth-order valence-corrected chi connectivity index (χ4v) is 2.41. The molecular formula is C16H18BrN3O4. The smallest absolute Gasteiger partial charge is 0.279 e. The lowest BCUT2D eigenvalue weighted by Gasteiger charge is -2.15. The average molecular weight is 396 g/mol. The van der Waals surface area contributed by atoms with Gasteiger partial charge in [-0.05, 0) is 38.5 Å². The lowest BCUT2D eigenvalue weighted by atomic mass is 10.1. The van der Waals surface area contributed by atoms with Crippen LogP contribution in [0.3, 0.4) is 0 Å². The highest BCUT2D eigenvalue weighted by atomic mass is 79.9. The van der Waals surface area contributed by atoms with E-state index in [2.05, 4.69) is 31.9 Å². The zero-order valence-corrected chi connectivity index (χ0v) is 15.1. The molecule has 0 aliphatic heterocycles. The molecule has 0 bridgehead atoms. The van der Waals surface area contributed by atoms with Crippen molar-refractivity contribution in [1.29, 1.82) is 0 Å². The number of nitrogens with one attached hydrogen (secondary N) is 2. The molecule has 128 valence electrons. The Kier molecular flexibility index (Phi) is 5.97. The van der Waals surface area contributed by atoms with Crippen molar-refractivity contribution in [3.8, 4) is 5.75 Å². The number of amides is 2. The maximum absolute atomic E-state index is 12.2. The second-order valence-corrected chi connectivity index (χ2v) is 5.99. The molecule has 2 amide bonds. The maximum Gasteiger partial charge on any atom is 0.279 e. The van der Waals surface area contributed by atoms with Crippen LogP contribution in [0.25, 0.3) is 0 Å². The van der Waals surface area contributed by atoms with Crippen molar-refractivity contribution in [1.82, 2.24) is 16.0 Å². The molecule has 0 aliphatic carbocycles. The van der Waals surface area contributed by atoms with Crippen molar-refractivity contribution in [2.24, 2.45) is 0 Å². The minimum atomic E-state index is -0.784. The van der Waals surface area contributed by atoms with Crippen LogP contribution in [0.15, 0.2) is 33.3 Å². The molecule has 7 nitrogen and oxygen atoms in total. The van der Waals surface area contributed by atoms with E-state index < -0.39 is 17.9 Å². The van der Waals surface area contributed by atoms with Crippen LogP contribution < -0.4 is 15.6 Å². The van der Waals surface area contributed by atoms with Gasteiger partial charge in [-0.1, -0.05) is 34.1 Å². The summed E-state index contributed by atoms with van der Waals surface area (Å²) in [5.41, 5.74) is 5.56. The maximum atomic E-state index is 12.2. The highest BCUT2D eigenvalue weighted by molar-refractivity contribution is 9.10. The first kappa shape index (κ1) is 18.0. The van der Waals surface area contributed by atoms with Crippen LogP contribution in [0.2, 0.25) is 0 Å². The Hall–Kier alpha value is -2.35. The van der Waals surface area contributed by atoms with E-state index in [9.17, 15) is 9.59 Å². The number of carbonyl (C=O) groups is 2. The molecule has 24 heavy (non-hydrogen) atoms. The highest BCUT2D eigenvalue weighted by Crippen LogP contribution is 2.19. The van der Waals surface area contributed by atoms with Gasteiger partial charge in [0.1, 0.15) is 17.1 Å². The van der Waals surface area contributed by atoms with E-state index in [0.717, 1.165) is 4.47 Å². The third kappa shape index (κ3) is 4.35. The number of nitrogens with zero attached hydrogens (tertiary/aromatic N) is 1. The van der Waals surface area contributed by atoms with Crippen molar-refractivity contribution < 1.29 is 18.8 Å². The van der Waals surface area contributed by atoms with E-state index in [4.69, 9.17) is 9.26 Å². The van der Waals surface area contributed by atoms with Crippen LogP contribution in [0.5, 0.6) is 5.75 Å². The highest BCUT2D eigenvalue weighted by Gasteiger charge is 2.21. The molecule has 2 rings (SSSR count). The fourth-order valence-electron chi connectivity index (χ4n) is 2.03. The summed E-state index contributed by atoms with van der Waals surface area (Å²) in [6.07, 6.45) is -0.231. The quantitative estimate of drug-likeness (QED) is 0.758. The van der Waals surface area contributed by atoms with E-state index in [-0.39, 0.29) is 0 Å². The summed E-state index contributed by atoms with van der Waals surface area (Å²) in [7, 11) is 0. The van der Waals surface area contributed by atoms with Gasteiger partial charge in [-0.15, -0.1) is 0 Å². The van der Waals surface area contributed by atoms with Gasteiger partial charge < -0.3 is 9.26 Å². The number of carbonyl (C=O) groups excluding carboxylic acids is 2. The van der Waals surface area contributed by atoms with E-state index in [1.165, 1.54) is 0 Å². The normalized spacial score (nSPS) is 11.7. The lowest BCUT2D eigenvalue weighted by Crippen LogP contribution is -2.47. The first-order valence-electron chi connectivity index (χ1n) is 7.40. The van der Waals surface area contributed by atoms with Crippen LogP contribution in [0.4, 0.5) is 0 Å². The van der Waals surface area contributed by atoms with E-state index >= 15 is 0 Å². The summed E-state index contributed by atoms with van der Waals surface area (Å²) in [6, 6.07) is 7.13. The van der Waals surface area contributed by atoms with Gasteiger partial charge in [0.05, 0.1) is 5.69 Å². The van der Waals surface area contributed by atoms with E-state index in [0.29, 0.717) is 29.2 Å². The number of aromatic nitrogens is 1. The predicted molar refractivity (Wildman–Crippen MR) is 90.5 cm³/mol. The Balaban J connectivity index is 1.92. The van der Waals surface area contributed by atoms with Crippen LogP contribution in [0.1, 0.15) is 35.7 Å². The van der Waals surface area contributed by atoms with E-state index in [1.807, 2.05) is 13.0 Å². The first-order valence-corrected chi connectivity index (χ1v) is 8.19. The summed E-state index contributed by atoms with van der Waals surface area (Å²) in [5.74, 6) is -0.0115. The summed E-state index contributed by atoms with van der Waals surface area (Å²) in [6.45, 7) is 5.09. The molecule has 0 unspecified atom stereocenters. The average Bonchev–Trinajstić information content (AvgIpc) is 2.93. The van der Waals surface area contributed by atoms with Gasteiger partial charge in [0.25, 0.3) is 11.8 Å². The zero-order valence-electron chi connectivity index (χ0n) is 13.6. The number of ether oxygens (including phenoxy) is 1. The Morgan fingerprint density at radius 1 is 1.38 bits per heavy atom. The van der Waals surface area contributed by atoms with Crippen LogP contribution >= 0.6 is 15.9 Å². The Morgan fingerprint density at radius 3 is 2.79 bits per heavy atom. The third-order valence-electron chi connectivity index (χ3n) is 3.27. The molecule has 1 atom stereocenters. The van der Waals surface area contributed by atoms with Gasteiger partial charge in [0, 0.05) is 4.47 Å². The Morgan fingerprint density at radius 2 is 2.12 bits per heavy atom. The molecule has 0 spiro atoms. The molecule has 0 saturated heterocycles. The van der Waals surface area contributed by atoms with Crippen LogP contribution in [-0.2, 0) is 11.2 Å². The van der Waals surface area contributed by atoms with Crippen molar-refractivity contribution in [3.63, 3.8) is 0 Å². The monoisotopic (exact) mass is 395 g/mol.